The smallest absolute Gasteiger partial charge is 0.224 e. The van der Waals surface area contributed by atoms with Crippen LogP contribution >= 0.6 is 15.9 Å². The third-order valence-electron chi connectivity index (χ3n) is 2.20. The molecule has 0 bridgehead atoms. The first kappa shape index (κ1) is 13.2. The van der Waals surface area contributed by atoms with Crippen LogP contribution < -0.4 is 11.1 Å². The van der Waals surface area contributed by atoms with Gasteiger partial charge >= 0.3 is 0 Å². The van der Waals surface area contributed by atoms with Crippen LogP contribution in [0.1, 0.15) is 18.9 Å². The van der Waals surface area contributed by atoms with E-state index >= 15 is 0 Å². The number of nitrogens with two attached hydrogens (primary N) is 1. The fraction of sp³-hybridized carbons (Fsp3) is 0.417. The number of nitrogens with one attached hydrogen (secondary N) is 1. The standard InChI is InChI=1S/C12H17BrN2O/c1-9(14)6-7-15-12(16)8-10-2-4-11(13)5-3-10/h2-5,9H,6-8,14H2,1H3,(H,15,16). The summed E-state index contributed by atoms with van der Waals surface area (Å²) in [5, 5.41) is 2.85. The molecule has 0 saturated carbocycles. The molecule has 0 aliphatic rings. The first-order chi connectivity index (χ1) is 7.58. The molecule has 16 heavy (non-hydrogen) atoms. The summed E-state index contributed by atoms with van der Waals surface area (Å²) < 4.78 is 1.02. The van der Waals surface area contributed by atoms with Gasteiger partial charge < -0.3 is 11.1 Å². The second kappa shape index (κ2) is 6.66. The zero-order valence-corrected chi connectivity index (χ0v) is 11.0. The second-order valence-corrected chi connectivity index (χ2v) is 4.83. The number of hydrogen-bond donors (Lipinski definition) is 2. The maximum atomic E-state index is 11.5. The minimum atomic E-state index is 0.0444. The van der Waals surface area contributed by atoms with Crippen molar-refractivity contribution < 1.29 is 4.79 Å². The summed E-state index contributed by atoms with van der Waals surface area (Å²) in [5.41, 5.74) is 6.61. The van der Waals surface area contributed by atoms with Crippen LogP contribution in [0.3, 0.4) is 0 Å². The number of carbonyl (C=O) groups excluding carboxylic acids is 1. The molecule has 4 heteroatoms. The Kier molecular flexibility index (Phi) is 5.49. The number of amides is 1. The predicted molar refractivity (Wildman–Crippen MR) is 69.1 cm³/mol. The molecule has 0 aliphatic heterocycles. The quantitative estimate of drug-likeness (QED) is 0.867. The van der Waals surface area contributed by atoms with E-state index in [0.29, 0.717) is 13.0 Å². The van der Waals surface area contributed by atoms with Gasteiger partial charge in [0.05, 0.1) is 6.42 Å². The van der Waals surface area contributed by atoms with Crippen molar-refractivity contribution in [2.75, 3.05) is 6.54 Å². The van der Waals surface area contributed by atoms with Crippen LogP contribution in [0.4, 0.5) is 0 Å². The van der Waals surface area contributed by atoms with E-state index in [1.807, 2.05) is 31.2 Å². The second-order valence-electron chi connectivity index (χ2n) is 3.92. The Balaban J connectivity index is 2.31. The van der Waals surface area contributed by atoms with Gasteiger partial charge in [-0.05, 0) is 31.0 Å². The van der Waals surface area contributed by atoms with Crippen molar-refractivity contribution in [3.05, 3.63) is 34.3 Å². The molecule has 1 aromatic rings. The molecular weight excluding hydrogens is 268 g/mol. The lowest BCUT2D eigenvalue weighted by Crippen LogP contribution is -2.29. The largest absolute Gasteiger partial charge is 0.356 e. The van der Waals surface area contributed by atoms with Crippen molar-refractivity contribution in [1.82, 2.24) is 5.32 Å². The number of halogens is 1. The molecule has 0 fully saturated rings. The van der Waals surface area contributed by atoms with Gasteiger partial charge in [0.2, 0.25) is 5.91 Å². The Morgan fingerprint density at radius 2 is 2.06 bits per heavy atom. The summed E-state index contributed by atoms with van der Waals surface area (Å²) in [4.78, 5) is 11.5. The van der Waals surface area contributed by atoms with Gasteiger partial charge in [-0.25, -0.2) is 0 Å². The summed E-state index contributed by atoms with van der Waals surface area (Å²) in [7, 11) is 0. The van der Waals surface area contributed by atoms with Crippen molar-refractivity contribution in [1.29, 1.82) is 0 Å². The lowest BCUT2D eigenvalue weighted by molar-refractivity contribution is -0.120. The predicted octanol–water partition coefficient (Wildman–Crippen LogP) is 1.85. The van der Waals surface area contributed by atoms with Crippen molar-refractivity contribution in [3.8, 4) is 0 Å². The summed E-state index contributed by atoms with van der Waals surface area (Å²) in [6, 6.07) is 7.88. The number of rotatable bonds is 5. The number of benzene rings is 1. The van der Waals surface area contributed by atoms with E-state index in [1.54, 1.807) is 0 Å². The van der Waals surface area contributed by atoms with Crippen LogP contribution in [-0.4, -0.2) is 18.5 Å². The highest BCUT2D eigenvalue weighted by atomic mass is 79.9. The maximum Gasteiger partial charge on any atom is 0.224 e. The van der Waals surface area contributed by atoms with Gasteiger partial charge in [0, 0.05) is 17.1 Å². The van der Waals surface area contributed by atoms with Gasteiger partial charge in [-0.3, -0.25) is 4.79 Å². The Morgan fingerprint density at radius 3 is 2.62 bits per heavy atom. The average Bonchev–Trinajstić information content (AvgIpc) is 2.21. The van der Waals surface area contributed by atoms with Crippen LogP contribution in [-0.2, 0) is 11.2 Å². The molecule has 88 valence electrons. The van der Waals surface area contributed by atoms with E-state index in [-0.39, 0.29) is 11.9 Å². The molecule has 1 amide bonds. The Hall–Kier alpha value is -0.870. The minimum Gasteiger partial charge on any atom is -0.356 e. The SMILES string of the molecule is CC(N)CCNC(=O)Cc1ccc(Br)cc1. The monoisotopic (exact) mass is 284 g/mol. The molecule has 0 heterocycles. The van der Waals surface area contributed by atoms with Crippen LogP contribution in [0, 0.1) is 0 Å². The molecule has 0 spiro atoms. The van der Waals surface area contributed by atoms with Gasteiger partial charge in [0.1, 0.15) is 0 Å². The molecule has 0 aliphatic carbocycles. The highest BCUT2D eigenvalue weighted by molar-refractivity contribution is 9.10. The summed E-state index contributed by atoms with van der Waals surface area (Å²) in [6.07, 6.45) is 1.23. The van der Waals surface area contributed by atoms with Gasteiger partial charge in [-0.2, -0.15) is 0 Å². The van der Waals surface area contributed by atoms with E-state index in [4.69, 9.17) is 5.73 Å². The molecule has 1 rings (SSSR count). The normalized spacial score (nSPS) is 12.2. The van der Waals surface area contributed by atoms with Crippen molar-refractivity contribution in [2.24, 2.45) is 5.73 Å². The summed E-state index contributed by atoms with van der Waals surface area (Å²) in [5.74, 6) is 0.0444. The van der Waals surface area contributed by atoms with Gasteiger partial charge in [0.15, 0.2) is 0 Å². The van der Waals surface area contributed by atoms with E-state index in [0.717, 1.165) is 16.5 Å². The Morgan fingerprint density at radius 1 is 1.44 bits per heavy atom. The molecule has 3 nitrogen and oxygen atoms in total. The topological polar surface area (TPSA) is 55.1 Å². The maximum absolute atomic E-state index is 11.5. The highest BCUT2D eigenvalue weighted by Crippen LogP contribution is 2.10. The molecule has 1 atom stereocenters. The van der Waals surface area contributed by atoms with Gasteiger partial charge in [-0.1, -0.05) is 28.1 Å². The van der Waals surface area contributed by atoms with Gasteiger partial charge in [-0.15, -0.1) is 0 Å². The van der Waals surface area contributed by atoms with Crippen molar-refractivity contribution in [3.63, 3.8) is 0 Å². The molecule has 1 aromatic carbocycles. The molecule has 3 N–H and O–H groups in total. The molecule has 0 aromatic heterocycles. The zero-order chi connectivity index (χ0) is 12.0. The van der Waals surface area contributed by atoms with Crippen molar-refractivity contribution >= 4 is 21.8 Å². The van der Waals surface area contributed by atoms with Crippen molar-refractivity contribution in [2.45, 2.75) is 25.8 Å². The molecule has 0 saturated heterocycles. The van der Waals surface area contributed by atoms with Crippen LogP contribution in [0.25, 0.3) is 0 Å². The van der Waals surface area contributed by atoms with E-state index in [2.05, 4.69) is 21.2 Å². The molecule has 1 unspecified atom stereocenters. The Labute approximate surface area is 105 Å². The third-order valence-corrected chi connectivity index (χ3v) is 2.73. The minimum absolute atomic E-state index is 0.0444. The fourth-order valence-electron chi connectivity index (χ4n) is 1.29. The van der Waals surface area contributed by atoms with Crippen LogP contribution in [0.15, 0.2) is 28.7 Å². The van der Waals surface area contributed by atoms with E-state index < -0.39 is 0 Å². The van der Waals surface area contributed by atoms with E-state index in [9.17, 15) is 4.79 Å². The number of carbonyl (C=O) groups is 1. The fourth-order valence-corrected chi connectivity index (χ4v) is 1.55. The average molecular weight is 285 g/mol. The van der Waals surface area contributed by atoms with Gasteiger partial charge in [0.25, 0.3) is 0 Å². The lowest BCUT2D eigenvalue weighted by atomic mass is 10.1. The summed E-state index contributed by atoms with van der Waals surface area (Å²) >= 11 is 3.36. The zero-order valence-electron chi connectivity index (χ0n) is 9.37. The molecular formula is C12H17BrN2O. The first-order valence-electron chi connectivity index (χ1n) is 5.34. The Bertz CT molecular complexity index is 335. The highest BCUT2D eigenvalue weighted by Gasteiger charge is 2.03. The van der Waals surface area contributed by atoms with E-state index in [1.165, 1.54) is 0 Å². The van der Waals surface area contributed by atoms with Crippen LogP contribution in [0.2, 0.25) is 0 Å². The molecule has 0 radical (unpaired) electrons. The summed E-state index contributed by atoms with van der Waals surface area (Å²) in [6.45, 7) is 2.58. The number of hydrogen-bond acceptors (Lipinski definition) is 2. The first-order valence-corrected chi connectivity index (χ1v) is 6.14. The van der Waals surface area contributed by atoms with Crippen LogP contribution in [0.5, 0.6) is 0 Å². The lowest BCUT2D eigenvalue weighted by Gasteiger charge is -2.07. The third kappa shape index (κ3) is 5.28.